The molecule has 4 unspecified atom stereocenters. The molecule has 32 heavy (non-hydrogen) atoms. The van der Waals surface area contributed by atoms with Gasteiger partial charge in [0, 0.05) is 24.1 Å². The van der Waals surface area contributed by atoms with E-state index in [0.29, 0.717) is 12.1 Å². The van der Waals surface area contributed by atoms with E-state index >= 15 is 0 Å². The van der Waals surface area contributed by atoms with E-state index in [0.717, 1.165) is 0 Å². The molecular weight excluding hydrogens is 436 g/mol. The number of nitrogens with two attached hydrogens (primary N) is 1. The summed E-state index contributed by atoms with van der Waals surface area (Å²) in [5, 5.41) is 17.0. The molecule has 1 rings (SSSR count). The summed E-state index contributed by atoms with van der Waals surface area (Å²) in [5.41, 5.74) is 6.43. The highest BCUT2D eigenvalue weighted by Gasteiger charge is 2.31. The van der Waals surface area contributed by atoms with E-state index in [-0.39, 0.29) is 24.0 Å². The lowest BCUT2D eigenvalue weighted by atomic mass is 10.00. The number of carbonyl (C=O) groups is 4. The Balaban J connectivity index is 2.80. The molecule has 1 aromatic rings. The van der Waals surface area contributed by atoms with Crippen LogP contribution in [0.25, 0.3) is 0 Å². The lowest BCUT2D eigenvalue weighted by Gasteiger charge is -2.26. The average Bonchev–Trinajstić information content (AvgIpc) is 3.21. The maximum absolute atomic E-state index is 12.8. The zero-order chi connectivity index (χ0) is 24.4. The van der Waals surface area contributed by atoms with E-state index in [1.54, 1.807) is 13.8 Å². The predicted octanol–water partition coefficient (Wildman–Crippen LogP) is -0.550. The van der Waals surface area contributed by atoms with Gasteiger partial charge in [-0.2, -0.15) is 12.6 Å². The first-order valence-electron chi connectivity index (χ1n) is 10.4. The van der Waals surface area contributed by atoms with Crippen molar-refractivity contribution in [3.8, 4) is 0 Å². The van der Waals surface area contributed by atoms with Crippen molar-refractivity contribution in [2.75, 3.05) is 5.75 Å². The third kappa shape index (κ3) is 8.87. The quantitative estimate of drug-likeness (QED) is 0.189. The Morgan fingerprint density at radius 1 is 1.06 bits per heavy atom. The van der Waals surface area contributed by atoms with Crippen molar-refractivity contribution >= 4 is 36.3 Å². The van der Waals surface area contributed by atoms with Gasteiger partial charge in [-0.3, -0.25) is 14.4 Å². The lowest BCUT2D eigenvalue weighted by Crippen LogP contribution is -2.59. The Morgan fingerprint density at radius 3 is 2.16 bits per heavy atom. The van der Waals surface area contributed by atoms with Crippen LogP contribution in [0, 0.1) is 11.8 Å². The number of rotatable bonds is 13. The molecule has 12 heteroatoms. The zero-order valence-corrected chi connectivity index (χ0v) is 19.7. The summed E-state index contributed by atoms with van der Waals surface area (Å²) in [7, 11) is 0. The molecule has 4 atom stereocenters. The molecule has 0 aromatic carbocycles. The molecule has 0 bridgehead atoms. The van der Waals surface area contributed by atoms with Gasteiger partial charge in [-0.15, -0.1) is 0 Å². The van der Waals surface area contributed by atoms with Crippen LogP contribution in [0.4, 0.5) is 0 Å². The summed E-state index contributed by atoms with van der Waals surface area (Å²) in [6, 6.07) is -4.00. The smallest absolute Gasteiger partial charge is 0.326 e. The topological polar surface area (TPSA) is 179 Å². The number of aromatic amines is 1. The molecule has 11 nitrogen and oxygen atoms in total. The van der Waals surface area contributed by atoms with Gasteiger partial charge in [0.25, 0.3) is 0 Å². The average molecular weight is 471 g/mol. The fourth-order valence-corrected chi connectivity index (χ4v) is 3.21. The maximum atomic E-state index is 12.8. The van der Waals surface area contributed by atoms with Crippen molar-refractivity contribution in [1.29, 1.82) is 0 Å². The molecule has 0 aliphatic heterocycles. The van der Waals surface area contributed by atoms with E-state index in [1.165, 1.54) is 12.5 Å². The van der Waals surface area contributed by atoms with Crippen LogP contribution >= 0.6 is 12.6 Å². The Kier molecular flexibility index (Phi) is 11.2. The van der Waals surface area contributed by atoms with Gasteiger partial charge in [0.2, 0.25) is 17.7 Å². The van der Waals surface area contributed by atoms with Crippen molar-refractivity contribution in [3.63, 3.8) is 0 Å². The molecule has 0 aliphatic carbocycles. The highest BCUT2D eigenvalue weighted by Crippen LogP contribution is 2.07. The molecule has 0 saturated carbocycles. The number of aliphatic carboxylic acids is 1. The van der Waals surface area contributed by atoms with E-state index in [1.807, 2.05) is 13.8 Å². The number of nitrogens with one attached hydrogen (secondary N) is 4. The highest BCUT2D eigenvalue weighted by atomic mass is 32.1. The fraction of sp³-hybridized carbons (Fsp3) is 0.650. The predicted molar refractivity (Wildman–Crippen MR) is 122 cm³/mol. The summed E-state index contributed by atoms with van der Waals surface area (Å²) in [5.74, 6) is -3.11. The summed E-state index contributed by atoms with van der Waals surface area (Å²) in [6.07, 6.45) is 3.32. The van der Waals surface area contributed by atoms with Gasteiger partial charge < -0.3 is 31.8 Å². The first kappa shape index (κ1) is 27.4. The number of H-pyrrole nitrogens is 1. The molecule has 0 radical (unpaired) electrons. The van der Waals surface area contributed by atoms with Crippen LogP contribution in [0.3, 0.4) is 0 Å². The van der Waals surface area contributed by atoms with Crippen molar-refractivity contribution in [3.05, 3.63) is 18.2 Å². The van der Waals surface area contributed by atoms with Crippen LogP contribution in [-0.2, 0) is 25.6 Å². The Bertz CT molecular complexity index is 771. The number of thiol groups is 1. The van der Waals surface area contributed by atoms with E-state index in [4.69, 9.17) is 5.73 Å². The van der Waals surface area contributed by atoms with Crippen LogP contribution in [0.2, 0.25) is 0 Å². The van der Waals surface area contributed by atoms with Crippen LogP contribution in [0.5, 0.6) is 0 Å². The van der Waals surface area contributed by atoms with Gasteiger partial charge in [0.15, 0.2) is 0 Å². The summed E-state index contributed by atoms with van der Waals surface area (Å²) >= 11 is 4.11. The Labute approximate surface area is 193 Å². The van der Waals surface area contributed by atoms with Crippen LogP contribution < -0.4 is 21.7 Å². The van der Waals surface area contributed by atoms with Crippen LogP contribution in [0.1, 0.15) is 39.8 Å². The van der Waals surface area contributed by atoms with E-state index < -0.39 is 47.9 Å². The zero-order valence-electron chi connectivity index (χ0n) is 18.8. The van der Waals surface area contributed by atoms with Gasteiger partial charge in [0.1, 0.15) is 18.1 Å². The molecule has 3 amide bonds. The normalized spacial score (nSPS) is 15.0. The number of carbonyl (C=O) groups excluding carboxylic acids is 3. The van der Waals surface area contributed by atoms with Crippen LogP contribution in [-0.4, -0.2) is 68.7 Å². The molecule has 180 valence electrons. The van der Waals surface area contributed by atoms with Crippen molar-refractivity contribution < 1.29 is 24.3 Å². The molecular formula is C20H34N6O5S. The second-order valence-corrected chi connectivity index (χ2v) is 8.76. The first-order chi connectivity index (χ1) is 15.0. The third-order valence-electron chi connectivity index (χ3n) is 4.72. The van der Waals surface area contributed by atoms with Gasteiger partial charge >= 0.3 is 5.97 Å². The monoisotopic (exact) mass is 470 g/mol. The second-order valence-electron chi connectivity index (χ2n) is 8.39. The lowest BCUT2D eigenvalue weighted by molar-refractivity contribution is -0.142. The van der Waals surface area contributed by atoms with Gasteiger partial charge in [0.05, 0.1) is 12.4 Å². The van der Waals surface area contributed by atoms with Crippen molar-refractivity contribution in [2.45, 2.75) is 64.7 Å². The molecule has 7 N–H and O–H groups in total. The molecule has 0 saturated heterocycles. The minimum absolute atomic E-state index is 0.00721. The number of carboxylic acid groups (broad SMARTS) is 1. The van der Waals surface area contributed by atoms with Gasteiger partial charge in [-0.25, -0.2) is 9.78 Å². The number of hydrogen-bond donors (Lipinski definition) is 7. The van der Waals surface area contributed by atoms with Crippen LogP contribution in [0.15, 0.2) is 12.5 Å². The summed E-state index contributed by atoms with van der Waals surface area (Å²) < 4.78 is 0. The first-order valence-corrected chi connectivity index (χ1v) is 11.1. The van der Waals surface area contributed by atoms with Gasteiger partial charge in [-0.1, -0.05) is 27.7 Å². The minimum Gasteiger partial charge on any atom is -0.480 e. The summed E-state index contributed by atoms with van der Waals surface area (Å²) in [6.45, 7) is 7.37. The van der Waals surface area contributed by atoms with E-state index in [2.05, 4.69) is 38.5 Å². The van der Waals surface area contributed by atoms with Crippen molar-refractivity contribution in [2.24, 2.45) is 17.6 Å². The number of amides is 3. The number of hydrogen-bond acceptors (Lipinski definition) is 7. The summed E-state index contributed by atoms with van der Waals surface area (Å²) in [4.78, 5) is 55.9. The fourth-order valence-electron chi connectivity index (χ4n) is 2.95. The third-order valence-corrected chi connectivity index (χ3v) is 5.08. The minimum atomic E-state index is -1.23. The molecule has 1 aromatic heterocycles. The molecule has 1 heterocycles. The highest BCUT2D eigenvalue weighted by molar-refractivity contribution is 7.80. The second kappa shape index (κ2) is 13.1. The maximum Gasteiger partial charge on any atom is 0.326 e. The number of nitrogens with zero attached hydrogens (tertiary/aromatic N) is 1. The number of carboxylic acids is 1. The molecule has 0 fully saturated rings. The Hall–Kier alpha value is -2.60. The largest absolute Gasteiger partial charge is 0.480 e. The molecule has 0 aliphatic rings. The number of aromatic nitrogens is 2. The number of imidazole rings is 1. The van der Waals surface area contributed by atoms with Crippen molar-refractivity contribution in [1.82, 2.24) is 25.9 Å². The standard InChI is InChI=1S/C20H34N6O5S/c1-10(2)5-13(21)17(27)26-16(11(3)4)19(29)25-15(8-32)18(28)24-14(20(30)31)6-12-7-22-9-23-12/h7,9-11,13-16,32H,5-6,8,21H2,1-4H3,(H,22,23)(H,24,28)(H,25,29)(H,26,27)(H,30,31). The molecule has 0 spiro atoms. The SMILES string of the molecule is CC(C)CC(N)C(=O)NC(C(=O)NC(CS)C(=O)NC(Cc1cnc[nH]1)C(=O)O)C(C)C. The van der Waals surface area contributed by atoms with Gasteiger partial charge in [-0.05, 0) is 18.3 Å². The van der Waals surface area contributed by atoms with E-state index in [9.17, 15) is 24.3 Å². The Morgan fingerprint density at radius 2 is 1.69 bits per heavy atom.